The molecule has 23 heavy (non-hydrogen) atoms. The van der Waals surface area contributed by atoms with E-state index in [-0.39, 0.29) is 10.5 Å². The van der Waals surface area contributed by atoms with Crippen molar-refractivity contribution in [2.45, 2.75) is 24.8 Å². The maximum Gasteiger partial charge on any atom is 0.337 e. The molecule has 0 aliphatic heterocycles. The number of hydrogen-bond donors (Lipinski definition) is 1. The Morgan fingerprint density at radius 1 is 1.26 bits per heavy atom. The number of methoxy groups -OCH3 is 1. The minimum absolute atomic E-state index is 0.0446. The fourth-order valence-corrected chi connectivity index (χ4v) is 3.61. The molecule has 0 saturated heterocycles. The van der Waals surface area contributed by atoms with Crippen molar-refractivity contribution < 1.29 is 17.9 Å². The van der Waals surface area contributed by atoms with Crippen LogP contribution in [0.5, 0.6) is 0 Å². The fraction of sp³-hybridized carbons (Fsp3) is 0.250. The first-order valence-electron chi connectivity index (χ1n) is 6.97. The molecule has 122 valence electrons. The van der Waals surface area contributed by atoms with E-state index in [1.807, 2.05) is 0 Å². The molecule has 6 nitrogen and oxygen atoms in total. The number of sulfonamides is 1. The van der Waals surface area contributed by atoms with Gasteiger partial charge in [0.15, 0.2) is 0 Å². The first-order valence-corrected chi connectivity index (χ1v) is 8.45. The van der Waals surface area contributed by atoms with Gasteiger partial charge in [-0.25, -0.2) is 17.9 Å². The van der Waals surface area contributed by atoms with Gasteiger partial charge in [0.2, 0.25) is 10.0 Å². The molecule has 0 aliphatic carbocycles. The third-order valence-corrected chi connectivity index (χ3v) is 5.04. The number of aromatic nitrogens is 1. The van der Waals surface area contributed by atoms with Gasteiger partial charge in [-0.05, 0) is 43.7 Å². The van der Waals surface area contributed by atoms with Gasteiger partial charge in [0.1, 0.15) is 0 Å². The Labute approximate surface area is 135 Å². The number of benzene rings is 1. The zero-order valence-corrected chi connectivity index (χ0v) is 13.9. The van der Waals surface area contributed by atoms with E-state index < -0.39 is 22.0 Å². The predicted octanol–water partition coefficient (Wildman–Crippen LogP) is 2.22. The van der Waals surface area contributed by atoms with Gasteiger partial charge in [0.05, 0.1) is 29.3 Å². The minimum Gasteiger partial charge on any atom is -0.465 e. The number of nitrogens with zero attached hydrogens (tertiary/aromatic N) is 1. The lowest BCUT2D eigenvalue weighted by molar-refractivity contribution is 0.0600. The lowest BCUT2D eigenvalue weighted by Gasteiger charge is -2.15. The fourth-order valence-electron chi connectivity index (χ4n) is 2.12. The third-order valence-electron chi connectivity index (χ3n) is 3.36. The molecule has 0 saturated carbocycles. The van der Waals surface area contributed by atoms with E-state index in [0.717, 1.165) is 0 Å². The van der Waals surface area contributed by atoms with Crippen molar-refractivity contribution in [1.29, 1.82) is 0 Å². The molecule has 0 amide bonds. The van der Waals surface area contributed by atoms with Gasteiger partial charge in [0, 0.05) is 6.20 Å². The van der Waals surface area contributed by atoms with Crippen molar-refractivity contribution in [3.63, 3.8) is 0 Å². The van der Waals surface area contributed by atoms with E-state index in [2.05, 4.69) is 14.4 Å². The average Bonchev–Trinajstić information content (AvgIpc) is 2.54. The van der Waals surface area contributed by atoms with Crippen LogP contribution in [0.15, 0.2) is 47.5 Å². The Hall–Kier alpha value is -2.25. The summed E-state index contributed by atoms with van der Waals surface area (Å²) in [6, 6.07) is 9.21. The highest BCUT2D eigenvalue weighted by Crippen LogP contribution is 2.20. The first kappa shape index (κ1) is 17.1. The van der Waals surface area contributed by atoms with Crippen LogP contribution in [0.4, 0.5) is 0 Å². The van der Waals surface area contributed by atoms with Crippen LogP contribution in [-0.4, -0.2) is 26.5 Å². The average molecular weight is 334 g/mol. The van der Waals surface area contributed by atoms with Gasteiger partial charge in [-0.2, -0.15) is 0 Å². The Morgan fingerprint density at radius 2 is 2.00 bits per heavy atom. The molecule has 0 aliphatic rings. The number of rotatable bonds is 5. The summed E-state index contributed by atoms with van der Waals surface area (Å²) in [6.45, 7) is 3.38. The zero-order chi connectivity index (χ0) is 17.0. The van der Waals surface area contributed by atoms with Crippen molar-refractivity contribution in [1.82, 2.24) is 9.71 Å². The molecule has 0 fully saturated rings. The van der Waals surface area contributed by atoms with E-state index in [1.165, 1.54) is 19.2 Å². The molecule has 1 atom stereocenters. The zero-order valence-electron chi connectivity index (χ0n) is 13.1. The number of nitrogens with one attached hydrogen (secondary N) is 1. The summed E-state index contributed by atoms with van der Waals surface area (Å²) in [4.78, 5) is 15.8. The van der Waals surface area contributed by atoms with E-state index in [4.69, 9.17) is 0 Å². The maximum absolute atomic E-state index is 12.6. The summed E-state index contributed by atoms with van der Waals surface area (Å²) in [5, 5.41) is 0. The predicted molar refractivity (Wildman–Crippen MR) is 85.5 cm³/mol. The Morgan fingerprint density at radius 3 is 2.61 bits per heavy atom. The SMILES string of the molecule is COC(=O)c1ccc(C)c(S(=O)(=O)N[C@H](C)c2ccccn2)c1. The summed E-state index contributed by atoms with van der Waals surface area (Å²) in [6.07, 6.45) is 1.60. The molecule has 2 rings (SSSR count). The van der Waals surface area contributed by atoms with Crippen LogP contribution in [0.1, 0.15) is 34.6 Å². The maximum atomic E-state index is 12.6. The summed E-state index contributed by atoms with van der Waals surface area (Å²) < 4.78 is 32.4. The molecule has 0 unspecified atom stereocenters. The molecule has 7 heteroatoms. The third kappa shape index (κ3) is 3.94. The van der Waals surface area contributed by atoms with Gasteiger partial charge >= 0.3 is 5.97 Å². The highest BCUT2D eigenvalue weighted by Gasteiger charge is 2.22. The summed E-state index contributed by atoms with van der Waals surface area (Å²) in [5.74, 6) is -0.584. The van der Waals surface area contributed by atoms with Crippen LogP contribution in [0.2, 0.25) is 0 Å². The second-order valence-corrected chi connectivity index (χ2v) is 6.75. The quantitative estimate of drug-likeness (QED) is 0.847. The number of aryl methyl sites for hydroxylation is 1. The smallest absolute Gasteiger partial charge is 0.337 e. The first-order chi connectivity index (χ1) is 10.8. The number of ether oxygens (including phenoxy) is 1. The normalized spacial score (nSPS) is 12.7. The summed E-state index contributed by atoms with van der Waals surface area (Å²) in [5.41, 5.74) is 1.33. The van der Waals surface area contributed by atoms with Crippen molar-refractivity contribution in [2.24, 2.45) is 0 Å². The number of pyridine rings is 1. The van der Waals surface area contributed by atoms with Gasteiger partial charge in [-0.1, -0.05) is 12.1 Å². The lowest BCUT2D eigenvalue weighted by atomic mass is 10.1. The molecule has 1 aromatic heterocycles. The van der Waals surface area contributed by atoms with Crippen molar-refractivity contribution in [2.75, 3.05) is 7.11 Å². The van der Waals surface area contributed by atoms with E-state index >= 15 is 0 Å². The van der Waals surface area contributed by atoms with Gasteiger partial charge in [-0.3, -0.25) is 4.98 Å². The van der Waals surface area contributed by atoms with Gasteiger partial charge in [-0.15, -0.1) is 0 Å². The number of esters is 1. The van der Waals surface area contributed by atoms with Crippen molar-refractivity contribution in [3.05, 3.63) is 59.4 Å². The van der Waals surface area contributed by atoms with E-state index in [0.29, 0.717) is 11.3 Å². The number of carbonyl (C=O) groups excluding carboxylic acids is 1. The monoisotopic (exact) mass is 334 g/mol. The Bertz CT molecular complexity index is 804. The highest BCUT2D eigenvalue weighted by molar-refractivity contribution is 7.89. The number of carbonyl (C=O) groups is 1. The lowest BCUT2D eigenvalue weighted by Crippen LogP contribution is -2.28. The van der Waals surface area contributed by atoms with Crippen molar-refractivity contribution in [3.8, 4) is 0 Å². The summed E-state index contributed by atoms with van der Waals surface area (Å²) >= 11 is 0. The topological polar surface area (TPSA) is 85.4 Å². The summed E-state index contributed by atoms with van der Waals surface area (Å²) in [7, 11) is -2.55. The minimum atomic E-state index is -3.80. The standard InChI is InChI=1S/C16H18N2O4S/c1-11-7-8-13(16(19)22-3)10-15(11)23(20,21)18-12(2)14-6-4-5-9-17-14/h4-10,12,18H,1-3H3/t12-/m1/s1. The van der Waals surface area contributed by atoms with Crippen LogP contribution >= 0.6 is 0 Å². The second kappa shape index (κ2) is 6.89. The second-order valence-electron chi connectivity index (χ2n) is 5.07. The molecule has 0 spiro atoms. The molecule has 0 radical (unpaired) electrons. The van der Waals surface area contributed by atoms with Crippen LogP contribution < -0.4 is 4.72 Å². The Kier molecular flexibility index (Phi) is 5.12. The van der Waals surface area contributed by atoms with Crippen molar-refractivity contribution >= 4 is 16.0 Å². The molecule has 1 aromatic carbocycles. The largest absolute Gasteiger partial charge is 0.465 e. The van der Waals surface area contributed by atoms with Gasteiger partial charge in [0.25, 0.3) is 0 Å². The van der Waals surface area contributed by atoms with Crippen LogP contribution in [0, 0.1) is 6.92 Å². The molecule has 1 N–H and O–H groups in total. The van der Waals surface area contributed by atoms with Crippen LogP contribution in [0.3, 0.4) is 0 Å². The molecule has 1 heterocycles. The molecule has 0 bridgehead atoms. The van der Waals surface area contributed by atoms with E-state index in [9.17, 15) is 13.2 Å². The molecule has 2 aromatic rings. The molecular formula is C16H18N2O4S. The molecular weight excluding hydrogens is 316 g/mol. The Balaban J connectivity index is 2.34. The van der Waals surface area contributed by atoms with Crippen LogP contribution in [0.25, 0.3) is 0 Å². The van der Waals surface area contributed by atoms with Crippen LogP contribution in [-0.2, 0) is 14.8 Å². The number of hydrogen-bond acceptors (Lipinski definition) is 5. The highest BCUT2D eigenvalue weighted by atomic mass is 32.2. The van der Waals surface area contributed by atoms with E-state index in [1.54, 1.807) is 44.3 Å². The van der Waals surface area contributed by atoms with Gasteiger partial charge < -0.3 is 4.74 Å².